The average Bonchev–Trinajstić information content (AvgIpc) is 3.22. The SMILES string of the molecule is COC(=O)C1=C(C)N(c2ccc(Cl)c(Cl)c2)C(=O)/C1=C\c1cc(C)n(-c2ccc(C)cc2)c1C. The van der Waals surface area contributed by atoms with Crippen LogP contribution in [0, 0.1) is 20.8 Å². The molecule has 34 heavy (non-hydrogen) atoms. The molecule has 0 radical (unpaired) electrons. The zero-order chi connectivity index (χ0) is 24.7. The highest BCUT2D eigenvalue weighted by molar-refractivity contribution is 6.42. The highest BCUT2D eigenvalue weighted by Gasteiger charge is 2.38. The highest BCUT2D eigenvalue weighted by atomic mass is 35.5. The van der Waals surface area contributed by atoms with Crippen LogP contribution in [0.4, 0.5) is 5.69 Å². The second-order valence-corrected chi connectivity index (χ2v) is 9.06. The van der Waals surface area contributed by atoms with Crippen molar-refractivity contribution in [3.05, 3.63) is 97.9 Å². The number of benzene rings is 2. The predicted octanol–water partition coefficient (Wildman–Crippen LogP) is 6.59. The quantitative estimate of drug-likeness (QED) is 0.303. The first-order valence-corrected chi connectivity index (χ1v) is 11.5. The van der Waals surface area contributed by atoms with E-state index in [1.165, 1.54) is 17.6 Å². The summed E-state index contributed by atoms with van der Waals surface area (Å²) < 4.78 is 7.14. The third-order valence-electron chi connectivity index (χ3n) is 6.01. The molecule has 1 aliphatic heterocycles. The molecule has 1 amide bonds. The average molecular weight is 495 g/mol. The van der Waals surface area contributed by atoms with Crippen LogP contribution in [0.25, 0.3) is 11.8 Å². The van der Waals surface area contributed by atoms with Crippen molar-refractivity contribution in [1.82, 2.24) is 4.57 Å². The van der Waals surface area contributed by atoms with Crippen LogP contribution in [0.2, 0.25) is 10.0 Å². The summed E-state index contributed by atoms with van der Waals surface area (Å²) in [5.74, 6) is -0.913. The smallest absolute Gasteiger partial charge is 0.340 e. The molecule has 5 nitrogen and oxygen atoms in total. The molecule has 1 aliphatic rings. The van der Waals surface area contributed by atoms with Gasteiger partial charge in [-0.3, -0.25) is 9.69 Å². The number of hydrogen-bond acceptors (Lipinski definition) is 3. The Morgan fingerprint density at radius 1 is 0.912 bits per heavy atom. The number of halogens is 2. The number of carbonyl (C=O) groups is 2. The number of anilines is 1. The molecule has 3 aromatic rings. The summed E-state index contributed by atoms with van der Waals surface area (Å²) in [5.41, 5.74) is 6.48. The molecular weight excluding hydrogens is 471 g/mol. The molecule has 174 valence electrons. The molecule has 2 heterocycles. The summed E-state index contributed by atoms with van der Waals surface area (Å²) in [5, 5.41) is 0.699. The number of esters is 1. The second kappa shape index (κ2) is 9.16. The zero-order valence-electron chi connectivity index (χ0n) is 19.6. The lowest BCUT2D eigenvalue weighted by Crippen LogP contribution is -2.24. The summed E-state index contributed by atoms with van der Waals surface area (Å²) in [6, 6.07) is 15.2. The third kappa shape index (κ3) is 4.06. The molecular formula is C27H24Cl2N2O3. The van der Waals surface area contributed by atoms with E-state index in [0.29, 0.717) is 21.4 Å². The molecule has 2 aromatic carbocycles. The fourth-order valence-electron chi connectivity index (χ4n) is 4.30. The predicted molar refractivity (Wildman–Crippen MR) is 137 cm³/mol. The van der Waals surface area contributed by atoms with E-state index in [1.54, 1.807) is 31.2 Å². The Morgan fingerprint density at radius 2 is 1.56 bits per heavy atom. The van der Waals surface area contributed by atoms with E-state index in [0.717, 1.165) is 22.6 Å². The van der Waals surface area contributed by atoms with E-state index in [4.69, 9.17) is 27.9 Å². The summed E-state index contributed by atoms with van der Waals surface area (Å²) in [6.45, 7) is 7.76. The van der Waals surface area contributed by atoms with Gasteiger partial charge in [-0.1, -0.05) is 40.9 Å². The van der Waals surface area contributed by atoms with Crippen molar-refractivity contribution < 1.29 is 14.3 Å². The normalized spacial score (nSPS) is 15.0. The minimum absolute atomic E-state index is 0.221. The maximum Gasteiger partial charge on any atom is 0.340 e. The number of amides is 1. The molecule has 1 aromatic heterocycles. The largest absolute Gasteiger partial charge is 0.465 e. The van der Waals surface area contributed by atoms with E-state index in [1.807, 2.05) is 26.8 Å². The summed E-state index contributed by atoms with van der Waals surface area (Å²) in [6.07, 6.45) is 1.75. The topological polar surface area (TPSA) is 51.5 Å². The number of nitrogens with zero attached hydrogens (tertiary/aromatic N) is 2. The Morgan fingerprint density at radius 3 is 2.18 bits per heavy atom. The van der Waals surface area contributed by atoms with Gasteiger partial charge in [0, 0.05) is 22.8 Å². The standard InChI is InChI=1S/C27H24Cl2N2O3/c1-15-6-8-20(9-7-15)30-16(2)12-19(17(30)3)13-22-25(27(33)34-5)18(4)31(26(22)32)21-10-11-23(28)24(29)14-21/h6-14H,1-5H3/b22-13-. The number of ether oxygens (including phenoxy) is 1. The van der Waals surface area contributed by atoms with E-state index in [9.17, 15) is 9.59 Å². The second-order valence-electron chi connectivity index (χ2n) is 8.25. The molecule has 0 N–H and O–H groups in total. The van der Waals surface area contributed by atoms with Crippen LogP contribution in [-0.4, -0.2) is 23.6 Å². The minimum atomic E-state index is -0.577. The van der Waals surface area contributed by atoms with Gasteiger partial charge in [0.25, 0.3) is 5.91 Å². The van der Waals surface area contributed by atoms with Crippen molar-refractivity contribution in [3.63, 3.8) is 0 Å². The minimum Gasteiger partial charge on any atom is -0.465 e. The van der Waals surface area contributed by atoms with Gasteiger partial charge < -0.3 is 9.30 Å². The number of carbonyl (C=O) groups excluding carboxylic acids is 2. The van der Waals surface area contributed by atoms with Crippen molar-refractivity contribution in [1.29, 1.82) is 0 Å². The van der Waals surface area contributed by atoms with Gasteiger partial charge in [-0.25, -0.2) is 4.79 Å². The van der Waals surface area contributed by atoms with Gasteiger partial charge in [0.15, 0.2) is 0 Å². The molecule has 0 bridgehead atoms. The van der Waals surface area contributed by atoms with Gasteiger partial charge in [0.2, 0.25) is 0 Å². The molecule has 0 spiro atoms. The van der Waals surface area contributed by atoms with Gasteiger partial charge >= 0.3 is 5.97 Å². The van der Waals surface area contributed by atoms with Gasteiger partial charge in [-0.05, 0) is 75.7 Å². The van der Waals surface area contributed by atoms with Gasteiger partial charge in [-0.2, -0.15) is 0 Å². The van der Waals surface area contributed by atoms with Crippen molar-refractivity contribution in [2.45, 2.75) is 27.7 Å². The first-order valence-electron chi connectivity index (χ1n) is 10.7. The van der Waals surface area contributed by atoms with E-state index < -0.39 is 5.97 Å². The van der Waals surface area contributed by atoms with Crippen LogP contribution in [0.15, 0.2) is 65.4 Å². The maximum atomic E-state index is 13.6. The molecule has 0 saturated heterocycles. The van der Waals surface area contributed by atoms with Crippen molar-refractivity contribution in [2.24, 2.45) is 0 Å². The summed E-state index contributed by atoms with van der Waals surface area (Å²) in [7, 11) is 1.30. The van der Waals surface area contributed by atoms with Crippen LogP contribution in [-0.2, 0) is 14.3 Å². The van der Waals surface area contributed by atoms with Crippen molar-refractivity contribution >= 4 is 46.8 Å². The van der Waals surface area contributed by atoms with E-state index in [2.05, 4.69) is 28.8 Å². The monoisotopic (exact) mass is 494 g/mol. The number of aryl methyl sites for hydroxylation is 2. The fraction of sp³-hybridized carbons (Fsp3) is 0.185. The lowest BCUT2D eigenvalue weighted by atomic mass is 10.0. The fourth-order valence-corrected chi connectivity index (χ4v) is 4.59. The summed E-state index contributed by atoms with van der Waals surface area (Å²) in [4.78, 5) is 27.8. The molecule has 7 heteroatoms. The number of aromatic nitrogens is 1. The van der Waals surface area contributed by atoms with Gasteiger partial charge in [0.1, 0.15) is 0 Å². The van der Waals surface area contributed by atoms with E-state index >= 15 is 0 Å². The lowest BCUT2D eigenvalue weighted by molar-refractivity contribution is -0.136. The van der Waals surface area contributed by atoms with Crippen LogP contribution in [0.3, 0.4) is 0 Å². The summed E-state index contributed by atoms with van der Waals surface area (Å²) >= 11 is 12.3. The maximum absolute atomic E-state index is 13.6. The molecule has 0 unspecified atom stereocenters. The van der Waals surface area contributed by atoms with Crippen LogP contribution in [0.1, 0.15) is 29.4 Å². The number of hydrogen-bond donors (Lipinski definition) is 0. The Hall–Kier alpha value is -3.28. The Labute approximate surface area is 208 Å². The molecule has 0 atom stereocenters. The Bertz CT molecular complexity index is 1380. The Kier molecular flexibility index (Phi) is 6.43. The number of methoxy groups -OCH3 is 1. The first-order chi connectivity index (χ1) is 16.1. The number of rotatable bonds is 4. The molecule has 0 fully saturated rings. The van der Waals surface area contributed by atoms with Crippen LogP contribution >= 0.6 is 23.2 Å². The zero-order valence-corrected chi connectivity index (χ0v) is 21.1. The van der Waals surface area contributed by atoms with Crippen molar-refractivity contribution in [3.8, 4) is 5.69 Å². The lowest BCUT2D eigenvalue weighted by Gasteiger charge is -2.18. The van der Waals surface area contributed by atoms with Crippen LogP contribution in [0.5, 0.6) is 0 Å². The molecule has 4 rings (SSSR count). The van der Waals surface area contributed by atoms with Gasteiger partial charge in [0.05, 0.1) is 34.0 Å². The molecule has 0 aliphatic carbocycles. The first kappa shape index (κ1) is 23.9. The molecule has 0 saturated carbocycles. The van der Waals surface area contributed by atoms with E-state index in [-0.39, 0.29) is 17.1 Å². The number of allylic oxidation sites excluding steroid dienone is 1. The Balaban J connectivity index is 1.85. The van der Waals surface area contributed by atoms with Gasteiger partial charge in [-0.15, -0.1) is 0 Å². The highest BCUT2D eigenvalue weighted by Crippen LogP contribution is 2.38. The third-order valence-corrected chi connectivity index (χ3v) is 6.75. The van der Waals surface area contributed by atoms with Crippen molar-refractivity contribution in [2.75, 3.05) is 12.0 Å². The van der Waals surface area contributed by atoms with Crippen LogP contribution < -0.4 is 4.90 Å².